The number of H-pyrrole nitrogens is 1. The molecule has 4 nitrogen and oxygen atoms in total. The molecule has 3 N–H and O–H groups in total. The molecule has 1 heterocycles. The molecular formula is C12H23N3O. The van der Waals surface area contributed by atoms with E-state index in [4.69, 9.17) is 5.11 Å². The number of aliphatic hydroxyl groups is 1. The van der Waals surface area contributed by atoms with Crippen LogP contribution in [0, 0.1) is 0 Å². The van der Waals surface area contributed by atoms with Crippen molar-refractivity contribution in [2.75, 3.05) is 6.54 Å². The van der Waals surface area contributed by atoms with Crippen molar-refractivity contribution in [3.63, 3.8) is 0 Å². The summed E-state index contributed by atoms with van der Waals surface area (Å²) >= 11 is 0. The van der Waals surface area contributed by atoms with Gasteiger partial charge in [-0.25, -0.2) is 0 Å². The van der Waals surface area contributed by atoms with E-state index in [9.17, 15) is 0 Å². The molecule has 0 saturated carbocycles. The summed E-state index contributed by atoms with van der Waals surface area (Å²) < 4.78 is 0. The quantitative estimate of drug-likeness (QED) is 0.667. The van der Waals surface area contributed by atoms with E-state index >= 15 is 0 Å². The van der Waals surface area contributed by atoms with Gasteiger partial charge < -0.3 is 10.4 Å². The Hall–Kier alpha value is -0.870. The zero-order valence-electron chi connectivity index (χ0n) is 10.7. The van der Waals surface area contributed by atoms with Crippen molar-refractivity contribution in [1.82, 2.24) is 15.5 Å². The maximum atomic E-state index is 9.13. The molecule has 0 saturated heterocycles. The van der Waals surface area contributed by atoms with Gasteiger partial charge in [0, 0.05) is 23.2 Å². The lowest BCUT2D eigenvalue weighted by Gasteiger charge is -2.18. The van der Waals surface area contributed by atoms with Gasteiger partial charge in [0.25, 0.3) is 0 Å². The maximum Gasteiger partial charge on any atom is 0.0535 e. The van der Waals surface area contributed by atoms with E-state index in [1.54, 1.807) is 6.92 Å². The second-order valence-corrected chi connectivity index (χ2v) is 5.33. The van der Waals surface area contributed by atoms with Crippen molar-refractivity contribution >= 4 is 0 Å². The Bertz CT molecular complexity index is 312. The molecule has 0 aliphatic rings. The number of nitrogens with one attached hydrogen (secondary N) is 2. The van der Waals surface area contributed by atoms with Gasteiger partial charge in [-0.1, -0.05) is 20.8 Å². The Morgan fingerprint density at radius 3 is 2.75 bits per heavy atom. The Balaban J connectivity index is 2.46. The largest absolute Gasteiger partial charge is 0.393 e. The van der Waals surface area contributed by atoms with Crippen LogP contribution in [0.3, 0.4) is 0 Å². The monoisotopic (exact) mass is 225 g/mol. The minimum absolute atomic E-state index is 0.0950. The van der Waals surface area contributed by atoms with Gasteiger partial charge >= 0.3 is 0 Å². The SMILES string of the molecule is CC(O)CCNCc1cn[nH]c1C(C)(C)C. The van der Waals surface area contributed by atoms with Gasteiger partial charge in [0.2, 0.25) is 0 Å². The number of aromatic amines is 1. The molecule has 1 aromatic rings. The van der Waals surface area contributed by atoms with Crippen LogP contribution in [0.15, 0.2) is 6.20 Å². The van der Waals surface area contributed by atoms with E-state index < -0.39 is 0 Å². The van der Waals surface area contributed by atoms with Crippen LogP contribution < -0.4 is 5.32 Å². The summed E-state index contributed by atoms with van der Waals surface area (Å²) in [5, 5.41) is 19.6. The Kier molecular flexibility index (Phi) is 4.50. The lowest BCUT2D eigenvalue weighted by Crippen LogP contribution is -2.21. The van der Waals surface area contributed by atoms with Crippen LogP contribution >= 0.6 is 0 Å². The summed E-state index contributed by atoms with van der Waals surface area (Å²) in [5.41, 5.74) is 2.48. The molecule has 0 aliphatic carbocycles. The van der Waals surface area contributed by atoms with Crippen LogP contribution in [-0.2, 0) is 12.0 Å². The predicted molar refractivity (Wildman–Crippen MR) is 65.3 cm³/mol. The van der Waals surface area contributed by atoms with Crippen LogP contribution in [-0.4, -0.2) is 28.0 Å². The highest BCUT2D eigenvalue weighted by Gasteiger charge is 2.19. The maximum absolute atomic E-state index is 9.13. The zero-order chi connectivity index (χ0) is 12.2. The third kappa shape index (κ3) is 3.94. The smallest absolute Gasteiger partial charge is 0.0535 e. The van der Waals surface area contributed by atoms with E-state index in [2.05, 4.69) is 36.3 Å². The lowest BCUT2D eigenvalue weighted by molar-refractivity contribution is 0.183. The summed E-state index contributed by atoms with van der Waals surface area (Å²) in [6.45, 7) is 9.93. The number of nitrogens with zero attached hydrogens (tertiary/aromatic N) is 1. The third-order valence-electron chi connectivity index (χ3n) is 2.52. The molecule has 92 valence electrons. The van der Waals surface area contributed by atoms with Gasteiger partial charge in [-0.15, -0.1) is 0 Å². The number of aromatic nitrogens is 2. The minimum atomic E-state index is -0.237. The van der Waals surface area contributed by atoms with Crippen LogP contribution in [0.5, 0.6) is 0 Å². The topological polar surface area (TPSA) is 60.9 Å². The Labute approximate surface area is 97.5 Å². The van der Waals surface area contributed by atoms with Crippen molar-refractivity contribution in [3.05, 3.63) is 17.5 Å². The molecule has 16 heavy (non-hydrogen) atoms. The number of hydrogen-bond acceptors (Lipinski definition) is 3. The molecule has 0 spiro atoms. The first kappa shape index (κ1) is 13.2. The second-order valence-electron chi connectivity index (χ2n) is 5.33. The molecular weight excluding hydrogens is 202 g/mol. The first-order valence-electron chi connectivity index (χ1n) is 5.82. The van der Waals surface area contributed by atoms with E-state index in [-0.39, 0.29) is 11.5 Å². The fourth-order valence-electron chi connectivity index (χ4n) is 1.63. The van der Waals surface area contributed by atoms with E-state index in [1.165, 1.54) is 11.3 Å². The molecule has 1 rings (SSSR count). The molecule has 0 aliphatic heterocycles. The van der Waals surface area contributed by atoms with E-state index in [0.29, 0.717) is 0 Å². The van der Waals surface area contributed by atoms with Crippen LogP contribution in [0.4, 0.5) is 0 Å². The van der Waals surface area contributed by atoms with Gasteiger partial charge in [-0.2, -0.15) is 5.10 Å². The van der Waals surface area contributed by atoms with Crippen molar-refractivity contribution in [2.45, 2.75) is 52.2 Å². The zero-order valence-corrected chi connectivity index (χ0v) is 10.7. The molecule has 0 radical (unpaired) electrons. The van der Waals surface area contributed by atoms with Gasteiger partial charge in [-0.05, 0) is 19.9 Å². The van der Waals surface area contributed by atoms with Crippen molar-refractivity contribution < 1.29 is 5.11 Å². The van der Waals surface area contributed by atoms with Crippen LogP contribution in [0.2, 0.25) is 0 Å². The summed E-state index contributed by atoms with van der Waals surface area (Å²) in [6.07, 6.45) is 2.41. The molecule has 0 bridgehead atoms. The fraction of sp³-hybridized carbons (Fsp3) is 0.750. The molecule has 4 heteroatoms. The summed E-state index contributed by atoms with van der Waals surface area (Å²) in [5.74, 6) is 0. The first-order chi connectivity index (χ1) is 7.41. The highest BCUT2D eigenvalue weighted by atomic mass is 16.3. The van der Waals surface area contributed by atoms with Gasteiger partial charge in [0.05, 0.1) is 12.3 Å². The molecule has 1 atom stereocenters. The van der Waals surface area contributed by atoms with E-state index in [1.807, 2.05) is 6.20 Å². The van der Waals surface area contributed by atoms with Gasteiger partial charge in [-0.3, -0.25) is 5.10 Å². The summed E-state index contributed by atoms with van der Waals surface area (Å²) in [4.78, 5) is 0. The standard InChI is InChI=1S/C12H23N3O/c1-9(16)5-6-13-7-10-8-14-15-11(10)12(2,3)4/h8-9,13,16H,5-7H2,1-4H3,(H,14,15). The number of rotatable bonds is 5. The Morgan fingerprint density at radius 1 is 1.50 bits per heavy atom. The summed E-state index contributed by atoms with van der Waals surface area (Å²) in [7, 11) is 0. The Morgan fingerprint density at radius 2 is 2.19 bits per heavy atom. The van der Waals surface area contributed by atoms with Crippen molar-refractivity contribution in [2.24, 2.45) is 0 Å². The van der Waals surface area contributed by atoms with Crippen molar-refractivity contribution in [3.8, 4) is 0 Å². The lowest BCUT2D eigenvalue weighted by atomic mass is 9.89. The fourth-order valence-corrected chi connectivity index (χ4v) is 1.63. The number of aliphatic hydroxyl groups excluding tert-OH is 1. The first-order valence-corrected chi connectivity index (χ1v) is 5.82. The third-order valence-corrected chi connectivity index (χ3v) is 2.52. The second kappa shape index (κ2) is 5.46. The average Bonchev–Trinajstić information content (AvgIpc) is 2.59. The molecule has 1 aromatic heterocycles. The summed E-state index contributed by atoms with van der Waals surface area (Å²) in [6, 6.07) is 0. The highest BCUT2D eigenvalue weighted by Crippen LogP contribution is 2.23. The van der Waals surface area contributed by atoms with Crippen LogP contribution in [0.25, 0.3) is 0 Å². The predicted octanol–water partition coefficient (Wildman–Crippen LogP) is 1.57. The molecule has 0 fully saturated rings. The molecule has 0 amide bonds. The molecule has 0 aromatic carbocycles. The minimum Gasteiger partial charge on any atom is -0.393 e. The number of hydrogen-bond donors (Lipinski definition) is 3. The normalized spacial score (nSPS) is 14.1. The van der Waals surface area contributed by atoms with Crippen molar-refractivity contribution in [1.29, 1.82) is 0 Å². The van der Waals surface area contributed by atoms with Gasteiger partial charge in [0.15, 0.2) is 0 Å². The van der Waals surface area contributed by atoms with Crippen LogP contribution in [0.1, 0.15) is 45.4 Å². The van der Waals surface area contributed by atoms with Gasteiger partial charge in [0.1, 0.15) is 0 Å². The average molecular weight is 225 g/mol. The highest BCUT2D eigenvalue weighted by molar-refractivity contribution is 5.23. The van der Waals surface area contributed by atoms with E-state index in [0.717, 1.165) is 19.5 Å². The molecule has 1 unspecified atom stereocenters.